The average Bonchev–Trinajstić information content (AvgIpc) is 3.16. The van der Waals surface area contributed by atoms with Crippen molar-refractivity contribution in [2.75, 3.05) is 5.32 Å². The molecule has 0 amide bonds. The number of benzene rings is 2. The van der Waals surface area contributed by atoms with Crippen molar-refractivity contribution in [2.24, 2.45) is 0 Å². The van der Waals surface area contributed by atoms with Gasteiger partial charge in [0.25, 0.3) is 5.56 Å². The van der Waals surface area contributed by atoms with Crippen LogP contribution >= 0.6 is 0 Å². The summed E-state index contributed by atoms with van der Waals surface area (Å²) in [6.07, 6.45) is 1.67. The van der Waals surface area contributed by atoms with Gasteiger partial charge in [0.05, 0.1) is 11.7 Å². The quantitative estimate of drug-likeness (QED) is 0.515. The maximum absolute atomic E-state index is 12.5. The van der Waals surface area contributed by atoms with E-state index in [2.05, 4.69) is 25.7 Å². The van der Waals surface area contributed by atoms with E-state index in [-0.39, 0.29) is 11.6 Å². The minimum absolute atomic E-state index is 0.248. The Labute approximate surface area is 148 Å². The van der Waals surface area contributed by atoms with Gasteiger partial charge in [-0.2, -0.15) is 5.10 Å². The highest BCUT2D eigenvalue weighted by Gasteiger charge is 2.32. The predicted molar refractivity (Wildman–Crippen MR) is 97.3 cm³/mol. The lowest BCUT2D eigenvalue weighted by molar-refractivity contribution is 0.664. The molecule has 5 rings (SSSR count). The minimum Gasteiger partial charge on any atom is -0.319 e. The summed E-state index contributed by atoms with van der Waals surface area (Å²) < 4.78 is 1.92. The summed E-state index contributed by atoms with van der Waals surface area (Å²) in [5.41, 5.74) is 3.66. The van der Waals surface area contributed by atoms with Crippen molar-refractivity contribution in [2.45, 2.75) is 6.04 Å². The first kappa shape index (κ1) is 14.6. The maximum Gasteiger partial charge on any atom is 0.288 e. The van der Waals surface area contributed by atoms with Crippen molar-refractivity contribution in [3.8, 4) is 11.3 Å². The summed E-state index contributed by atoms with van der Waals surface area (Å²) in [7, 11) is 0. The van der Waals surface area contributed by atoms with Crippen molar-refractivity contribution in [1.29, 1.82) is 0 Å². The molecule has 2 aromatic carbocycles. The fraction of sp³-hybridized carbons (Fsp3) is 0.0526. The summed E-state index contributed by atoms with van der Waals surface area (Å²) in [5, 5.41) is 18.2. The van der Waals surface area contributed by atoms with Crippen molar-refractivity contribution in [1.82, 2.24) is 25.0 Å². The number of hydrogen-bond acceptors (Lipinski definition) is 5. The molecule has 0 radical (unpaired) electrons. The van der Waals surface area contributed by atoms with Crippen molar-refractivity contribution < 1.29 is 0 Å². The lowest BCUT2D eigenvalue weighted by Gasteiger charge is -2.29. The van der Waals surface area contributed by atoms with Crippen molar-refractivity contribution in [3.05, 3.63) is 88.5 Å². The van der Waals surface area contributed by atoms with Crippen molar-refractivity contribution in [3.63, 3.8) is 0 Å². The van der Waals surface area contributed by atoms with Crippen LogP contribution in [0.25, 0.3) is 11.3 Å². The number of nitrogens with one attached hydrogen (secondary N) is 2. The summed E-state index contributed by atoms with van der Waals surface area (Å²) in [6.45, 7) is 0. The Bertz CT molecular complexity index is 1130. The van der Waals surface area contributed by atoms with E-state index < -0.39 is 0 Å². The van der Waals surface area contributed by atoms with E-state index >= 15 is 0 Å². The van der Waals surface area contributed by atoms with Gasteiger partial charge in [-0.15, -0.1) is 10.2 Å². The number of nitrogens with zero attached hydrogens (tertiary/aromatic N) is 4. The van der Waals surface area contributed by atoms with E-state index in [4.69, 9.17) is 0 Å². The Hall–Kier alpha value is -3.74. The Morgan fingerprint density at radius 2 is 1.69 bits per heavy atom. The third-order valence-electron chi connectivity index (χ3n) is 4.54. The smallest absolute Gasteiger partial charge is 0.288 e. The Morgan fingerprint density at radius 3 is 2.46 bits per heavy atom. The number of anilines is 2. The fourth-order valence-electron chi connectivity index (χ4n) is 3.40. The van der Waals surface area contributed by atoms with E-state index in [9.17, 15) is 4.79 Å². The summed E-state index contributed by atoms with van der Waals surface area (Å²) in [6, 6.07) is 19.5. The van der Waals surface area contributed by atoms with Gasteiger partial charge >= 0.3 is 0 Å². The van der Waals surface area contributed by atoms with Gasteiger partial charge in [-0.3, -0.25) is 9.36 Å². The Balaban J connectivity index is 1.84. The zero-order chi connectivity index (χ0) is 17.5. The standard InChI is InChI=1S/C19H14N6O/c26-18-16-14(15(22-23-18)12-7-3-1-4-8-12)17(13-9-5-2-6-10-13)25-11-20-24-19(25)21-16/h1-11,17H,(H,21,24)(H,23,26)/t17-/m1/s1. The summed E-state index contributed by atoms with van der Waals surface area (Å²) in [4.78, 5) is 12.5. The van der Waals surface area contributed by atoms with Crippen LogP contribution in [0.1, 0.15) is 17.2 Å². The second kappa shape index (κ2) is 5.66. The van der Waals surface area contributed by atoms with Crippen molar-refractivity contribution >= 4 is 11.6 Å². The molecule has 1 aliphatic heterocycles. The molecule has 0 fully saturated rings. The van der Waals surface area contributed by atoms with E-state index in [1.54, 1.807) is 6.33 Å². The molecule has 0 saturated carbocycles. The molecule has 0 aliphatic carbocycles. The molecule has 2 aromatic heterocycles. The van der Waals surface area contributed by atoms with Crippen LogP contribution in [-0.2, 0) is 0 Å². The van der Waals surface area contributed by atoms with E-state index in [0.29, 0.717) is 11.6 Å². The molecular weight excluding hydrogens is 328 g/mol. The highest BCUT2D eigenvalue weighted by molar-refractivity contribution is 5.75. The van der Waals surface area contributed by atoms with Gasteiger partial charge in [-0.25, -0.2) is 5.10 Å². The molecule has 0 spiro atoms. The highest BCUT2D eigenvalue weighted by Crippen LogP contribution is 2.41. The molecule has 26 heavy (non-hydrogen) atoms. The molecule has 3 heterocycles. The Kier molecular flexibility index (Phi) is 3.18. The van der Waals surface area contributed by atoms with E-state index in [0.717, 1.165) is 22.4 Å². The molecule has 1 atom stereocenters. The lowest BCUT2D eigenvalue weighted by atomic mass is 9.92. The monoisotopic (exact) mass is 342 g/mol. The molecule has 4 aromatic rings. The van der Waals surface area contributed by atoms with Crippen LogP contribution in [0.15, 0.2) is 71.8 Å². The zero-order valence-electron chi connectivity index (χ0n) is 13.6. The third-order valence-corrected chi connectivity index (χ3v) is 4.54. The average molecular weight is 342 g/mol. The van der Waals surface area contributed by atoms with Gasteiger partial charge in [-0.1, -0.05) is 60.7 Å². The van der Waals surface area contributed by atoms with E-state index in [1.165, 1.54) is 0 Å². The molecule has 7 heteroatoms. The summed E-state index contributed by atoms with van der Waals surface area (Å²) in [5.74, 6) is 0.530. The molecule has 0 bridgehead atoms. The van der Waals surface area contributed by atoms with Gasteiger partial charge in [0.1, 0.15) is 12.0 Å². The number of fused-ring (bicyclic) bond motifs is 2. The number of H-pyrrole nitrogens is 1. The maximum atomic E-state index is 12.5. The number of aromatic nitrogens is 5. The van der Waals surface area contributed by atoms with Crippen LogP contribution in [0.3, 0.4) is 0 Å². The minimum atomic E-state index is -0.283. The molecule has 1 aliphatic rings. The summed E-state index contributed by atoms with van der Waals surface area (Å²) >= 11 is 0. The predicted octanol–water partition coefficient (Wildman–Crippen LogP) is 2.72. The highest BCUT2D eigenvalue weighted by atomic mass is 16.1. The van der Waals surface area contributed by atoms with Crippen LogP contribution < -0.4 is 10.9 Å². The second-order valence-corrected chi connectivity index (χ2v) is 6.06. The first-order chi connectivity index (χ1) is 12.8. The van der Waals surface area contributed by atoms with Gasteiger partial charge in [-0.05, 0) is 5.56 Å². The van der Waals surface area contributed by atoms with Crippen LogP contribution in [0, 0.1) is 0 Å². The molecule has 2 N–H and O–H groups in total. The largest absolute Gasteiger partial charge is 0.319 e. The van der Waals surface area contributed by atoms with E-state index in [1.807, 2.05) is 65.2 Å². The van der Waals surface area contributed by atoms with Crippen LogP contribution in [0.2, 0.25) is 0 Å². The fourth-order valence-corrected chi connectivity index (χ4v) is 3.40. The van der Waals surface area contributed by atoms with Crippen LogP contribution in [0.5, 0.6) is 0 Å². The molecule has 0 saturated heterocycles. The van der Waals surface area contributed by atoms with Gasteiger partial charge < -0.3 is 5.32 Å². The SMILES string of the molecule is O=c1[nH]nc(-c2ccccc2)c2c1Nc1nncn1[C@@H]2c1ccccc1. The normalized spacial score (nSPS) is 15.0. The molecule has 7 nitrogen and oxygen atoms in total. The Morgan fingerprint density at radius 1 is 0.962 bits per heavy atom. The third kappa shape index (κ3) is 2.14. The number of rotatable bonds is 2. The van der Waals surface area contributed by atoms with Crippen LogP contribution in [0.4, 0.5) is 11.6 Å². The topological polar surface area (TPSA) is 88.5 Å². The van der Waals surface area contributed by atoms with Gasteiger partial charge in [0, 0.05) is 11.1 Å². The van der Waals surface area contributed by atoms with Crippen LogP contribution in [-0.4, -0.2) is 25.0 Å². The first-order valence-electron chi connectivity index (χ1n) is 8.22. The first-order valence-corrected chi connectivity index (χ1v) is 8.22. The molecule has 0 unspecified atom stereocenters. The lowest BCUT2D eigenvalue weighted by Crippen LogP contribution is -2.28. The molecular formula is C19H14N6O. The molecule has 126 valence electrons. The number of hydrogen-bond donors (Lipinski definition) is 2. The zero-order valence-corrected chi connectivity index (χ0v) is 13.6. The van der Waals surface area contributed by atoms with Gasteiger partial charge in [0.2, 0.25) is 5.95 Å². The number of aromatic amines is 1. The second-order valence-electron chi connectivity index (χ2n) is 6.06. The van der Waals surface area contributed by atoms with Gasteiger partial charge in [0.15, 0.2) is 0 Å².